The zero-order valence-electron chi connectivity index (χ0n) is 15.4. The smallest absolute Gasteiger partial charge is 0.239 e. The van der Waals surface area contributed by atoms with E-state index < -0.39 is 0 Å². The lowest BCUT2D eigenvalue weighted by Crippen LogP contribution is -2.40. The van der Waals surface area contributed by atoms with Gasteiger partial charge in [-0.1, -0.05) is 5.16 Å². The van der Waals surface area contributed by atoms with Crippen molar-refractivity contribution < 1.29 is 9.32 Å². The zero-order valence-corrected chi connectivity index (χ0v) is 15.4. The normalized spacial score (nSPS) is 21.3. The number of amides is 1. The first-order chi connectivity index (χ1) is 12.6. The van der Waals surface area contributed by atoms with Crippen LogP contribution >= 0.6 is 0 Å². The number of hydrogen-bond acceptors (Lipinski definition) is 6. The van der Waals surface area contributed by atoms with Crippen LogP contribution in [0.25, 0.3) is 0 Å². The Morgan fingerprint density at radius 1 is 1.50 bits per heavy atom. The highest BCUT2D eigenvalue weighted by Gasteiger charge is 2.56. The lowest BCUT2D eigenvalue weighted by atomic mass is 9.93. The maximum Gasteiger partial charge on any atom is 0.239 e. The van der Waals surface area contributed by atoms with E-state index in [9.17, 15) is 4.79 Å². The summed E-state index contributed by atoms with van der Waals surface area (Å²) in [6, 6.07) is 2.16. The van der Waals surface area contributed by atoms with Gasteiger partial charge in [0.25, 0.3) is 0 Å². The van der Waals surface area contributed by atoms with Crippen LogP contribution in [0.5, 0.6) is 0 Å². The van der Waals surface area contributed by atoms with Crippen LogP contribution in [-0.2, 0) is 18.4 Å². The van der Waals surface area contributed by atoms with Gasteiger partial charge in [0.2, 0.25) is 5.91 Å². The number of imidazole rings is 1. The van der Waals surface area contributed by atoms with Crippen LogP contribution in [0.2, 0.25) is 0 Å². The van der Waals surface area contributed by atoms with E-state index in [4.69, 9.17) is 4.52 Å². The van der Waals surface area contributed by atoms with E-state index in [1.54, 1.807) is 19.2 Å². The fraction of sp³-hybridized carbons (Fsp3) is 0.611. The standard InChI is InChI=1S/C18H26N6O2/c1-13-9-15(22-26-13)21-17(25)12-24(11-16-20-7-8-23(16)2)14-10-18(14)3-5-19-6-4-18/h7-9,14,19H,3-6,10-12H2,1-2H3,(H,21,22,25). The summed E-state index contributed by atoms with van der Waals surface area (Å²) in [5.41, 5.74) is 0.362. The molecule has 2 aromatic heterocycles. The summed E-state index contributed by atoms with van der Waals surface area (Å²) >= 11 is 0. The molecule has 2 aromatic rings. The van der Waals surface area contributed by atoms with Gasteiger partial charge in [-0.3, -0.25) is 9.69 Å². The first-order valence-corrected chi connectivity index (χ1v) is 9.20. The second-order valence-electron chi connectivity index (χ2n) is 7.56. The van der Waals surface area contributed by atoms with Crippen LogP contribution in [0.3, 0.4) is 0 Å². The number of carbonyl (C=O) groups is 1. The van der Waals surface area contributed by atoms with Crippen molar-refractivity contribution >= 4 is 11.7 Å². The van der Waals surface area contributed by atoms with Gasteiger partial charge in [0.15, 0.2) is 5.82 Å². The number of hydrogen-bond donors (Lipinski definition) is 2. The first-order valence-electron chi connectivity index (χ1n) is 9.20. The highest BCUT2D eigenvalue weighted by atomic mass is 16.5. The highest BCUT2D eigenvalue weighted by Crippen LogP contribution is 2.55. The highest BCUT2D eigenvalue weighted by molar-refractivity contribution is 5.91. The number of aromatic nitrogens is 3. The number of aryl methyl sites for hydroxylation is 2. The molecule has 140 valence electrons. The molecular weight excluding hydrogens is 332 g/mol. The van der Waals surface area contributed by atoms with Gasteiger partial charge in [0, 0.05) is 31.5 Å². The first kappa shape index (κ1) is 17.2. The topological polar surface area (TPSA) is 88.2 Å². The summed E-state index contributed by atoms with van der Waals surface area (Å²) < 4.78 is 7.04. The summed E-state index contributed by atoms with van der Waals surface area (Å²) in [6.07, 6.45) is 7.27. The molecule has 4 rings (SSSR count). The maximum absolute atomic E-state index is 12.6. The summed E-state index contributed by atoms with van der Waals surface area (Å²) in [5.74, 6) is 2.06. The number of nitrogens with one attached hydrogen (secondary N) is 2. The molecule has 3 heterocycles. The van der Waals surface area contributed by atoms with Gasteiger partial charge in [-0.25, -0.2) is 4.98 Å². The molecule has 1 saturated heterocycles. The van der Waals surface area contributed by atoms with Gasteiger partial charge in [-0.2, -0.15) is 0 Å². The van der Waals surface area contributed by atoms with Crippen molar-refractivity contribution in [1.29, 1.82) is 0 Å². The van der Waals surface area contributed by atoms with E-state index >= 15 is 0 Å². The summed E-state index contributed by atoms with van der Waals surface area (Å²) in [4.78, 5) is 19.3. The Balaban J connectivity index is 1.45. The molecule has 0 aromatic carbocycles. The number of carbonyl (C=O) groups excluding carboxylic acids is 1. The molecule has 1 unspecified atom stereocenters. The largest absolute Gasteiger partial charge is 0.360 e. The summed E-state index contributed by atoms with van der Waals surface area (Å²) in [5, 5.41) is 10.1. The molecule has 2 fully saturated rings. The number of nitrogens with zero attached hydrogens (tertiary/aromatic N) is 4. The molecule has 2 aliphatic rings. The van der Waals surface area contributed by atoms with E-state index in [1.165, 1.54) is 12.8 Å². The molecule has 1 aliphatic carbocycles. The van der Waals surface area contributed by atoms with Gasteiger partial charge in [0.1, 0.15) is 11.6 Å². The van der Waals surface area contributed by atoms with Crippen LogP contribution in [0.15, 0.2) is 23.0 Å². The van der Waals surface area contributed by atoms with Gasteiger partial charge < -0.3 is 19.7 Å². The van der Waals surface area contributed by atoms with Gasteiger partial charge >= 0.3 is 0 Å². The molecule has 2 N–H and O–H groups in total. The van der Waals surface area contributed by atoms with Gasteiger partial charge in [-0.15, -0.1) is 0 Å². The minimum absolute atomic E-state index is 0.0662. The quantitative estimate of drug-likeness (QED) is 0.809. The Labute approximate surface area is 152 Å². The Hall–Kier alpha value is -2.19. The van der Waals surface area contributed by atoms with E-state index in [2.05, 4.69) is 25.7 Å². The zero-order chi connectivity index (χ0) is 18.1. The molecule has 1 aliphatic heterocycles. The van der Waals surface area contributed by atoms with E-state index in [-0.39, 0.29) is 5.91 Å². The average molecular weight is 358 g/mol. The van der Waals surface area contributed by atoms with Gasteiger partial charge in [-0.05, 0) is 44.7 Å². The summed E-state index contributed by atoms with van der Waals surface area (Å²) in [6.45, 7) is 4.95. The van der Waals surface area contributed by atoms with Crippen LogP contribution in [-0.4, -0.2) is 51.2 Å². The molecular formula is C18H26N6O2. The fourth-order valence-corrected chi connectivity index (χ4v) is 4.10. The Bertz CT molecular complexity index is 776. The van der Waals surface area contributed by atoms with Crippen molar-refractivity contribution in [3.8, 4) is 0 Å². The van der Waals surface area contributed by atoms with E-state index in [0.717, 1.165) is 25.3 Å². The molecule has 8 heteroatoms. The molecule has 26 heavy (non-hydrogen) atoms. The van der Waals surface area contributed by atoms with Crippen molar-refractivity contribution in [3.05, 3.63) is 30.0 Å². The van der Waals surface area contributed by atoms with Crippen LogP contribution in [0.4, 0.5) is 5.82 Å². The predicted octanol–water partition coefficient (Wildman–Crippen LogP) is 1.30. The van der Waals surface area contributed by atoms with Crippen molar-refractivity contribution in [2.45, 2.75) is 38.8 Å². The maximum atomic E-state index is 12.6. The molecule has 0 radical (unpaired) electrons. The Morgan fingerprint density at radius 3 is 2.96 bits per heavy atom. The lowest BCUT2D eigenvalue weighted by Gasteiger charge is -2.29. The number of anilines is 1. The van der Waals surface area contributed by atoms with Crippen molar-refractivity contribution in [1.82, 2.24) is 24.9 Å². The Kier molecular flexibility index (Phi) is 4.54. The van der Waals surface area contributed by atoms with Crippen molar-refractivity contribution in [2.75, 3.05) is 25.0 Å². The fourth-order valence-electron chi connectivity index (χ4n) is 4.10. The van der Waals surface area contributed by atoms with Gasteiger partial charge in [0.05, 0.1) is 13.1 Å². The molecule has 8 nitrogen and oxygen atoms in total. The number of piperidine rings is 1. The molecule has 0 bridgehead atoms. The van der Waals surface area contributed by atoms with E-state index in [1.807, 2.05) is 17.8 Å². The molecule has 1 atom stereocenters. The van der Waals surface area contributed by atoms with Crippen LogP contribution < -0.4 is 10.6 Å². The minimum atomic E-state index is -0.0662. The molecule has 1 amide bonds. The third-order valence-electron chi connectivity index (χ3n) is 5.69. The summed E-state index contributed by atoms with van der Waals surface area (Å²) in [7, 11) is 1.99. The van der Waals surface area contributed by atoms with Crippen LogP contribution in [0.1, 0.15) is 30.8 Å². The predicted molar refractivity (Wildman–Crippen MR) is 96.4 cm³/mol. The third kappa shape index (κ3) is 3.52. The third-order valence-corrected chi connectivity index (χ3v) is 5.69. The number of rotatable bonds is 6. The van der Waals surface area contributed by atoms with Crippen LogP contribution in [0, 0.1) is 12.3 Å². The monoisotopic (exact) mass is 358 g/mol. The SMILES string of the molecule is Cc1cc(NC(=O)CN(Cc2nccn2C)C2CC23CCNCC3)no1. The van der Waals surface area contributed by atoms with Crippen molar-refractivity contribution in [2.24, 2.45) is 12.5 Å². The van der Waals surface area contributed by atoms with E-state index in [0.29, 0.717) is 36.1 Å². The Morgan fingerprint density at radius 2 is 2.31 bits per heavy atom. The van der Waals surface area contributed by atoms with Crippen molar-refractivity contribution in [3.63, 3.8) is 0 Å². The molecule has 1 saturated carbocycles. The average Bonchev–Trinajstić information content (AvgIpc) is 2.90. The minimum Gasteiger partial charge on any atom is -0.360 e. The lowest BCUT2D eigenvalue weighted by molar-refractivity contribution is -0.117. The molecule has 1 spiro atoms. The second kappa shape index (κ2) is 6.85. The second-order valence-corrected chi connectivity index (χ2v) is 7.56.